The van der Waals surface area contributed by atoms with Gasteiger partial charge < -0.3 is 5.73 Å². The maximum absolute atomic E-state index is 12.4. The maximum Gasteiger partial charge on any atom is 0.401 e. The standard InChI is InChI=1S/C13H19BrF3N3S/c1-9-10(14)6-12(21-9)11(7-18)20-4-2-19(3-5-20)8-13(15,16)17/h6,11H,2-5,7-8,18H2,1H3. The molecule has 1 aromatic heterocycles. The van der Waals surface area contributed by atoms with Crippen LogP contribution in [-0.2, 0) is 0 Å². The number of halogens is 4. The summed E-state index contributed by atoms with van der Waals surface area (Å²) in [6, 6.07) is 2.16. The first-order valence-corrected chi connectivity index (χ1v) is 8.40. The van der Waals surface area contributed by atoms with Gasteiger partial charge in [-0.2, -0.15) is 13.2 Å². The minimum Gasteiger partial charge on any atom is -0.329 e. The van der Waals surface area contributed by atoms with E-state index in [0.717, 1.165) is 4.47 Å². The third kappa shape index (κ3) is 4.66. The second-order valence-electron chi connectivity index (χ2n) is 5.23. The van der Waals surface area contributed by atoms with E-state index in [0.29, 0.717) is 32.7 Å². The lowest BCUT2D eigenvalue weighted by atomic mass is 10.1. The minimum absolute atomic E-state index is 0.0908. The molecule has 0 amide bonds. The summed E-state index contributed by atoms with van der Waals surface area (Å²) in [5.74, 6) is 0. The third-order valence-electron chi connectivity index (χ3n) is 3.68. The Hall–Kier alpha value is -0.150. The minimum atomic E-state index is -4.12. The van der Waals surface area contributed by atoms with Crippen LogP contribution in [0.5, 0.6) is 0 Å². The lowest BCUT2D eigenvalue weighted by molar-refractivity contribution is -0.149. The van der Waals surface area contributed by atoms with Crippen LogP contribution in [0.4, 0.5) is 13.2 Å². The van der Waals surface area contributed by atoms with Crippen molar-refractivity contribution in [3.63, 3.8) is 0 Å². The average molecular weight is 386 g/mol. The van der Waals surface area contributed by atoms with E-state index in [1.807, 2.05) is 6.92 Å². The summed E-state index contributed by atoms with van der Waals surface area (Å²) in [6.45, 7) is 3.79. The van der Waals surface area contributed by atoms with Crippen molar-refractivity contribution >= 4 is 27.3 Å². The van der Waals surface area contributed by atoms with Crippen LogP contribution in [0, 0.1) is 6.92 Å². The molecule has 120 valence electrons. The number of piperazine rings is 1. The van der Waals surface area contributed by atoms with Crippen LogP contribution >= 0.6 is 27.3 Å². The summed E-state index contributed by atoms with van der Waals surface area (Å²) in [5.41, 5.74) is 5.89. The van der Waals surface area contributed by atoms with Crippen molar-refractivity contribution in [3.05, 3.63) is 20.3 Å². The van der Waals surface area contributed by atoms with Gasteiger partial charge in [-0.25, -0.2) is 0 Å². The van der Waals surface area contributed by atoms with Gasteiger partial charge >= 0.3 is 6.18 Å². The first kappa shape index (κ1) is 17.2. The number of aryl methyl sites for hydroxylation is 1. The molecule has 0 aliphatic carbocycles. The van der Waals surface area contributed by atoms with E-state index in [1.54, 1.807) is 11.3 Å². The van der Waals surface area contributed by atoms with E-state index in [1.165, 1.54) is 14.7 Å². The molecule has 1 fully saturated rings. The molecule has 2 rings (SSSR count). The average Bonchev–Trinajstić information content (AvgIpc) is 2.70. The van der Waals surface area contributed by atoms with E-state index in [4.69, 9.17) is 5.73 Å². The molecule has 1 aromatic rings. The van der Waals surface area contributed by atoms with Gasteiger partial charge in [0.15, 0.2) is 0 Å². The van der Waals surface area contributed by atoms with Crippen LogP contribution in [0.25, 0.3) is 0 Å². The Morgan fingerprint density at radius 2 is 1.95 bits per heavy atom. The Labute approximate surface area is 135 Å². The topological polar surface area (TPSA) is 32.5 Å². The summed E-state index contributed by atoms with van der Waals surface area (Å²) in [4.78, 5) is 6.01. The highest BCUT2D eigenvalue weighted by Crippen LogP contribution is 2.33. The largest absolute Gasteiger partial charge is 0.401 e. The van der Waals surface area contributed by atoms with E-state index in [2.05, 4.69) is 26.9 Å². The summed E-state index contributed by atoms with van der Waals surface area (Å²) in [6.07, 6.45) is -4.12. The molecule has 2 N–H and O–H groups in total. The van der Waals surface area contributed by atoms with Crippen molar-refractivity contribution in [2.45, 2.75) is 19.1 Å². The zero-order valence-electron chi connectivity index (χ0n) is 11.8. The number of hydrogen-bond donors (Lipinski definition) is 1. The smallest absolute Gasteiger partial charge is 0.329 e. The van der Waals surface area contributed by atoms with Crippen molar-refractivity contribution in [1.29, 1.82) is 0 Å². The van der Waals surface area contributed by atoms with Gasteiger partial charge in [0.1, 0.15) is 0 Å². The summed E-state index contributed by atoms with van der Waals surface area (Å²) >= 11 is 5.19. The van der Waals surface area contributed by atoms with Crippen LogP contribution in [0.2, 0.25) is 0 Å². The number of thiophene rings is 1. The predicted molar refractivity (Wildman–Crippen MR) is 82.6 cm³/mol. The van der Waals surface area contributed by atoms with Crippen LogP contribution in [-0.4, -0.2) is 55.2 Å². The maximum atomic E-state index is 12.4. The van der Waals surface area contributed by atoms with E-state index >= 15 is 0 Å². The molecule has 0 aromatic carbocycles. The van der Waals surface area contributed by atoms with Crippen LogP contribution in [0.1, 0.15) is 15.8 Å². The van der Waals surface area contributed by atoms with E-state index in [-0.39, 0.29) is 6.04 Å². The zero-order chi connectivity index (χ0) is 15.6. The number of nitrogens with two attached hydrogens (primary N) is 1. The summed E-state index contributed by atoms with van der Waals surface area (Å²) in [7, 11) is 0. The molecule has 1 unspecified atom stereocenters. The molecule has 1 aliphatic heterocycles. The van der Waals surface area contributed by atoms with Crippen molar-refractivity contribution < 1.29 is 13.2 Å². The fourth-order valence-electron chi connectivity index (χ4n) is 2.58. The normalized spacial score (nSPS) is 19.9. The van der Waals surface area contributed by atoms with Crippen LogP contribution in [0.15, 0.2) is 10.5 Å². The second kappa shape index (κ2) is 6.95. The Morgan fingerprint density at radius 3 is 2.38 bits per heavy atom. The van der Waals surface area contributed by atoms with Gasteiger partial charge in [-0.3, -0.25) is 9.80 Å². The van der Waals surface area contributed by atoms with Gasteiger partial charge in [-0.1, -0.05) is 0 Å². The SMILES string of the molecule is Cc1sc(C(CN)N2CCN(CC(F)(F)F)CC2)cc1Br. The van der Waals surface area contributed by atoms with Gasteiger partial charge in [-0.05, 0) is 28.9 Å². The highest BCUT2D eigenvalue weighted by Gasteiger charge is 2.33. The van der Waals surface area contributed by atoms with Crippen molar-refractivity contribution in [2.24, 2.45) is 5.73 Å². The first-order valence-electron chi connectivity index (χ1n) is 6.79. The lowest BCUT2D eigenvalue weighted by Gasteiger charge is -2.38. The molecular weight excluding hydrogens is 367 g/mol. The van der Waals surface area contributed by atoms with Crippen molar-refractivity contribution in [2.75, 3.05) is 39.3 Å². The Bertz CT molecular complexity index is 450. The Balaban J connectivity index is 1.96. The van der Waals surface area contributed by atoms with Crippen molar-refractivity contribution in [3.8, 4) is 0 Å². The molecule has 1 aliphatic rings. The molecule has 0 saturated carbocycles. The van der Waals surface area contributed by atoms with E-state index in [9.17, 15) is 13.2 Å². The molecule has 0 spiro atoms. The molecule has 21 heavy (non-hydrogen) atoms. The Kier molecular flexibility index (Phi) is 5.70. The molecule has 0 bridgehead atoms. The number of nitrogens with zero attached hydrogens (tertiary/aromatic N) is 2. The van der Waals surface area contributed by atoms with Gasteiger partial charge in [0.05, 0.1) is 12.6 Å². The van der Waals surface area contributed by atoms with Crippen LogP contribution in [0.3, 0.4) is 0 Å². The molecule has 2 heterocycles. The monoisotopic (exact) mass is 385 g/mol. The van der Waals surface area contributed by atoms with Gasteiger partial charge in [0, 0.05) is 47.0 Å². The number of rotatable bonds is 4. The highest BCUT2D eigenvalue weighted by molar-refractivity contribution is 9.10. The quantitative estimate of drug-likeness (QED) is 0.864. The molecule has 3 nitrogen and oxygen atoms in total. The summed E-state index contributed by atoms with van der Waals surface area (Å²) < 4.78 is 38.3. The molecule has 8 heteroatoms. The number of hydrogen-bond acceptors (Lipinski definition) is 4. The first-order chi connectivity index (χ1) is 9.80. The third-order valence-corrected chi connectivity index (χ3v) is 5.92. The van der Waals surface area contributed by atoms with Gasteiger partial charge in [-0.15, -0.1) is 11.3 Å². The Morgan fingerprint density at radius 1 is 1.33 bits per heavy atom. The summed E-state index contributed by atoms with van der Waals surface area (Å²) in [5, 5.41) is 0. The lowest BCUT2D eigenvalue weighted by Crippen LogP contribution is -2.51. The molecule has 0 radical (unpaired) electrons. The van der Waals surface area contributed by atoms with Gasteiger partial charge in [0.25, 0.3) is 0 Å². The second-order valence-corrected chi connectivity index (χ2v) is 7.37. The highest BCUT2D eigenvalue weighted by atomic mass is 79.9. The predicted octanol–water partition coefficient (Wildman–Crippen LogP) is 3.00. The molecule has 1 saturated heterocycles. The number of alkyl halides is 3. The van der Waals surface area contributed by atoms with Crippen molar-refractivity contribution in [1.82, 2.24) is 9.80 Å². The van der Waals surface area contributed by atoms with E-state index < -0.39 is 12.7 Å². The van der Waals surface area contributed by atoms with Gasteiger partial charge in [0.2, 0.25) is 0 Å². The fourth-order valence-corrected chi connectivity index (χ4v) is 4.29. The molecular formula is C13H19BrF3N3S. The van der Waals surface area contributed by atoms with Crippen LogP contribution < -0.4 is 5.73 Å². The zero-order valence-corrected chi connectivity index (χ0v) is 14.2. The fraction of sp³-hybridized carbons (Fsp3) is 0.692. The molecule has 1 atom stereocenters.